The van der Waals surface area contributed by atoms with Crippen molar-refractivity contribution in [3.63, 3.8) is 0 Å². The van der Waals surface area contributed by atoms with Gasteiger partial charge in [0.1, 0.15) is 10.7 Å². The van der Waals surface area contributed by atoms with Crippen molar-refractivity contribution in [2.75, 3.05) is 11.9 Å². The number of primary sulfonamides is 1. The van der Waals surface area contributed by atoms with Gasteiger partial charge in [-0.05, 0) is 18.6 Å². The van der Waals surface area contributed by atoms with Gasteiger partial charge in [-0.25, -0.2) is 18.5 Å². The van der Waals surface area contributed by atoms with Crippen molar-refractivity contribution >= 4 is 15.8 Å². The second-order valence-corrected chi connectivity index (χ2v) is 5.70. The van der Waals surface area contributed by atoms with Gasteiger partial charge in [-0.3, -0.25) is 0 Å². The number of anilines is 1. The molecular formula is C11H20N4O2S. The maximum Gasteiger partial charge on any atom is 0.239 e. The Morgan fingerprint density at radius 1 is 1.44 bits per heavy atom. The standard InChI is InChI=1S/C11H20N4O2S/c1-2-3-4-9(7-12)15-11-6-5-10(8-14-11)18(13,16)17/h5-6,8-9H,2-4,7,12H2,1H3,(H,14,15)(H2,13,16,17). The van der Waals surface area contributed by atoms with Crippen molar-refractivity contribution in [1.82, 2.24) is 4.98 Å². The molecule has 0 saturated heterocycles. The summed E-state index contributed by atoms with van der Waals surface area (Å²) in [5.41, 5.74) is 5.65. The van der Waals surface area contributed by atoms with Crippen LogP contribution < -0.4 is 16.2 Å². The Bertz CT molecular complexity index is 458. The van der Waals surface area contributed by atoms with Crippen molar-refractivity contribution < 1.29 is 8.42 Å². The van der Waals surface area contributed by atoms with Crippen molar-refractivity contribution in [2.24, 2.45) is 10.9 Å². The molecule has 0 aliphatic rings. The third kappa shape index (κ3) is 4.59. The average molecular weight is 272 g/mol. The van der Waals surface area contributed by atoms with Crippen LogP contribution in [0.4, 0.5) is 5.82 Å². The van der Waals surface area contributed by atoms with Crippen molar-refractivity contribution in [2.45, 2.75) is 37.1 Å². The van der Waals surface area contributed by atoms with E-state index in [4.69, 9.17) is 10.9 Å². The molecule has 0 bridgehead atoms. The van der Waals surface area contributed by atoms with Crippen molar-refractivity contribution in [1.29, 1.82) is 0 Å². The molecule has 18 heavy (non-hydrogen) atoms. The maximum absolute atomic E-state index is 11.1. The van der Waals surface area contributed by atoms with E-state index < -0.39 is 10.0 Å². The molecule has 1 rings (SSSR count). The molecule has 102 valence electrons. The minimum absolute atomic E-state index is 0.00547. The summed E-state index contributed by atoms with van der Waals surface area (Å²) in [6.07, 6.45) is 4.40. The molecule has 1 aromatic heterocycles. The molecule has 1 heterocycles. The van der Waals surface area contributed by atoms with E-state index in [0.29, 0.717) is 12.4 Å². The summed E-state index contributed by atoms with van der Waals surface area (Å²) in [5, 5.41) is 8.16. The number of rotatable bonds is 7. The van der Waals surface area contributed by atoms with Gasteiger partial charge in [0.15, 0.2) is 0 Å². The number of hydrogen-bond donors (Lipinski definition) is 3. The summed E-state index contributed by atoms with van der Waals surface area (Å²) < 4.78 is 22.1. The van der Waals surface area contributed by atoms with E-state index in [2.05, 4.69) is 17.2 Å². The van der Waals surface area contributed by atoms with Crippen LogP contribution in [0.15, 0.2) is 23.2 Å². The van der Waals surface area contributed by atoms with E-state index in [-0.39, 0.29) is 10.9 Å². The third-order valence-corrected chi connectivity index (χ3v) is 3.51. The summed E-state index contributed by atoms with van der Waals surface area (Å²) in [6, 6.07) is 3.17. The summed E-state index contributed by atoms with van der Waals surface area (Å²) in [6.45, 7) is 2.63. The predicted octanol–water partition coefficient (Wildman–Crippen LogP) is 0.658. The zero-order valence-corrected chi connectivity index (χ0v) is 11.3. The van der Waals surface area contributed by atoms with E-state index in [1.54, 1.807) is 6.07 Å². The average Bonchev–Trinajstić information content (AvgIpc) is 2.34. The van der Waals surface area contributed by atoms with Crippen LogP contribution in [-0.2, 0) is 10.0 Å². The number of unbranched alkanes of at least 4 members (excludes halogenated alkanes) is 1. The van der Waals surface area contributed by atoms with E-state index >= 15 is 0 Å². The monoisotopic (exact) mass is 272 g/mol. The van der Waals surface area contributed by atoms with E-state index in [1.807, 2.05) is 0 Å². The highest BCUT2D eigenvalue weighted by molar-refractivity contribution is 7.89. The molecular weight excluding hydrogens is 252 g/mol. The van der Waals surface area contributed by atoms with Crippen LogP contribution in [0.2, 0.25) is 0 Å². The van der Waals surface area contributed by atoms with Crippen LogP contribution in [0.3, 0.4) is 0 Å². The molecule has 1 atom stereocenters. The Kier molecular flexibility index (Phi) is 5.52. The van der Waals surface area contributed by atoms with Crippen molar-refractivity contribution in [3.8, 4) is 0 Å². The summed E-state index contributed by atoms with van der Waals surface area (Å²) >= 11 is 0. The quantitative estimate of drug-likeness (QED) is 0.675. The first kappa shape index (κ1) is 14.9. The van der Waals surface area contributed by atoms with Crippen LogP contribution in [0, 0.1) is 0 Å². The largest absolute Gasteiger partial charge is 0.366 e. The van der Waals surface area contributed by atoms with Gasteiger partial charge in [-0.2, -0.15) is 0 Å². The first-order valence-electron chi connectivity index (χ1n) is 5.92. The molecule has 1 aromatic rings. The Hall–Kier alpha value is -1.18. The zero-order valence-electron chi connectivity index (χ0n) is 10.5. The molecule has 7 heteroatoms. The highest BCUT2D eigenvalue weighted by Crippen LogP contribution is 2.11. The van der Waals surface area contributed by atoms with Crippen LogP contribution in [0.25, 0.3) is 0 Å². The third-order valence-electron chi connectivity index (χ3n) is 2.61. The molecule has 0 saturated carbocycles. The first-order chi connectivity index (χ1) is 8.47. The molecule has 0 spiro atoms. The van der Waals surface area contributed by atoms with Gasteiger partial charge in [-0.15, -0.1) is 0 Å². The number of nitrogens with two attached hydrogens (primary N) is 2. The van der Waals surface area contributed by atoms with Crippen LogP contribution in [0.1, 0.15) is 26.2 Å². The van der Waals surface area contributed by atoms with Gasteiger partial charge in [-0.1, -0.05) is 19.8 Å². The van der Waals surface area contributed by atoms with Gasteiger partial charge in [0.2, 0.25) is 10.0 Å². The molecule has 5 N–H and O–H groups in total. The molecule has 0 radical (unpaired) electrons. The Morgan fingerprint density at radius 2 is 2.17 bits per heavy atom. The fourth-order valence-electron chi connectivity index (χ4n) is 1.54. The fourth-order valence-corrected chi connectivity index (χ4v) is 2.00. The Labute approximate surface area is 108 Å². The van der Waals surface area contributed by atoms with Crippen LogP contribution >= 0.6 is 0 Å². The number of sulfonamides is 1. The van der Waals surface area contributed by atoms with E-state index in [9.17, 15) is 8.42 Å². The summed E-state index contributed by atoms with van der Waals surface area (Å²) in [7, 11) is -3.68. The van der Waals surface area contributed by atoms with Crippen molar-refractivity contribution in [3.05, 3.63) is 18.3 Å². The number of aromatic nitrogens is 1. The number of hydrogen-bond acceptors (Lipinski definition) is 5. The minimum Gasteiger partial charge on any atom is -0.366 e. The fraction of sp³-hybridized carbons (Fsp3) is 0.545. The lowest BCUT2D eigenvalue weighted by Gasteiger charge is -2.17. The second-order valence-electron chi connectivity index (χ2n) is 4.14. The van der Waals surface area contributed by atoms with Gasteiger partial charge in [0.05, 0.1) is 0 Å². The number of nitrogens with one attached hydrogen (secondary N) is 1. The highest BCUT2D eigenvalue weighted by atomic mass is 32.2. The molecule has 0 aliphatic heterocycles. The molecule has 1 unspecified atom stereocenters. The van der Waals surface area contributed by atoms with Gasteiger partial charge < -0.3 is 11.1 Å². The van der Waals surface area contributed by atoms with Crippen LogP contribution in [-0.4, -0.2) is 26.0 Å². The lowest BCUT2D eigenvalue weighted by molar-refractivity contribution is 0.597. The second kappa shape index (κ2) is 6.67. The normalized spacial score (nSPS) is 13.3. The van der Waals surface area contributed by atoms with Crippen LogP contribution in [0.5, 0.6) is 0 Å². The van der Waals surface area contributed by atoms with Gasteiger partial charge in [0, 0.05) is 18.8 Å². The summed E-state index contributed by atoms with van der Waals surface area (Å²) in [5.74, 6) is 0.606. The molecule has 0 fully saturated rings. The number of pyridine rings is 1. The lowest BCUT2D eigenvalue weighted by atomic mass is 10.1. The highest BCUT2D eigenvalue weighted by Gasteiger charge is 2.10. The van der Waals surface area contributed by atoms with E-state index in [1.165, 1.54) is 12.3 Å². The smallest absolute Gasteiger partial charge is 0.239 e. The zero-order chi connectivity index (χ0) is 13.6. The Morgan fingerprint density at radius 3 is 2.61 bits per heavy atom. The molecule has 6 nitrogen and oxygen atoms in total. The summed E-state index contributed by atoms with van der Waals surface area (Å²) in [4.78, 5) is 4.02. The molecule has 0 aliphatic carbocycles. The van der Waals surface area contributed by atoms with Gasteiger partial charge >= 0.3 is 0 Å². The SMILES string of the molecule is CCCCC(CN)Nc1ccc(S(N)(=O)=O)cn1. The maximum atomic E-state index is 11.1. The predicted molar refractivity (Wildman–Crippen MR) is 71.6 cm³/mol. The first-order valence-corrected chi connectivity index (χ1v) is 7.47. The minimum atomic E-state index is -3.68. The number of nitrogens with zero attached hydrogens (tertiary/aromatic N) is 1. The van der Waals surface area contributed by atoms with Gasteiger partial charge in [0.25, 0.3) is 0 Å². The Balaban J connectivity index is 2.68. The lowest BCUT2D eigenvalue weighted by Crippen LogP contribution is -2.29. The molecule has 0 aromatic carbocycles. The van der Waals surface area contributed by atoms with E-state index in [0.717, 1.165) is 19.3 Å². The topological polar surface area (TPSA) is 111 Å². The molecule has 0 amide bonds.